The monoisotopic (exact) mass is 275 g/mol. The zero-order chi connectivity index (χ0) is 15.1. The van der Waals surface area contributed by atoms with Crippen LogP contribution in [0.15, 0.2) is 0 Å². The van der Waals surface area contributed by atoms with E-state index in [1.54, 1.807) is 34.6 Å². The van der Waals surface area contributed by atoms with Crippen molar-refractivity contribution in [3.05, 3.63) is 0 Å². The molecule has 0 radical (unpaired) electrons. The lowest BCUT2D eigenvalue weighted by Crippen LogP contribution is -2.39. The molecule has 6 nitrogen and oxygen atoms in total. The van der Waals surface area contributed by atoms with Gasteiger partial charge in [0, 0.05) is 13.2 Å². The standard InChI is InChI=1S/C13H25NO5/c1-6-18-9-13(5,10(15)16)7-8-14-11(17)19-12(2,3)4/h6-9H2,1-5H3,(H,14,17)(H,15,16)/t13-/m0/s1. The van der Waals surface area contributed by atoms with Gasteiger partial charge in [-0.1, -0.05) is 0 Å². The molecule has 0 unspecified atom stereocenters. The van der Waals surface area contributed by atoms with Crippen molar-refractivity contribution < 1.29 is 24.2 Å². The number of carbonyl (C=O) groups excluding carboxylic acids is 1. The number of ether oxygens (including phenoxy) is 2. The van der Waals surface area contributed by atoms with Crippen molar-refractivity contribution in [2.45, 2.75) is 46.6 Å². The van der Waals surface area contributed by atoms with Gasteiger partial charge in [0.2, 0.25) is 0 Å². The Bertz CT molecular complexity index is 311. The van der Waals surface area contributed by atoms with Crippen LogP contribution in [-0.2, 0) is 14.3 Å². The molecular weight excluding hydrogens is 250 g/mol. The van der Waals surface area contributed by atoms with Crippen LogP contribution in [0.25, 0.3) is 0 Å². The van der Waals surface area contributed by atoms with E-state index in [1.165, 1.54) is 0 Å². The minimum Gasteiger partial charge on any atom is -0.481 e. The van der Waals surface area contributed by atoms with Gasteiger partial charge in [-0.2, -0.15) is 0 Å². The molecule has 1 amide bonds. The fourth-order valence-corrected chi connectivity index (χ4v) is 1.32. The summed E-state index contributed by atoms with van der Waals surface area (Å²) < 4.78 is 10.2. The number of aliphatic carboxylic acids is 1. The Hall–Kier alpha value is -1.30. The second kappa shape index (κ2) is 7.33. The van der Waals surface area contributed by atoms with E-state index in [1.807, 2.05) is 0 Å². The van der Waals surface area contributed by atoms with Gasteiger partial charge in [0.25, 0.3) is 0 Å². The minimum atomic E-state index is -1.01. The lowest BCUT2D eigenvalue weighted by Gasteiger charge is -2.25. The molecule has 0 aliphatic heterocycles. The Morgan fingerprint density at radius 1 is 1.21 bits per heavy atom. The van der Waals surface area contributed by atoms with E-state index in [2.05, 4.69) is 5.32 Å². The zero-order valence-corrected chi connectivity index (χ0v) is 12.4. The lowest BCUT2D eigenvalue weighted by molar-refractivity contribution is -0.152. The van der Waals surface area contributed by atoms with Gasteiger partial charge < -0.3 is 19.9 Å². The molecule has 0 aliphatic carbocycles. The number of hydrogen-bond acceptors (Lipinski definition) is 4. The summed E-state index contributed by atoms with van der Waals surface area (Å²) in [4.78, 5) is 22.6. The first-order valence-electron chi connectivity index (χ1n) is 6.39. The van der Waals surface area contributed by atoms with Gasteiger partial charge in [-0.05, 0) is 41.0 Å². The van der Waals surface area contributed by atoms with Gasteiger partial charge in [-0.25, -0.2) is 4.79 Å². The second-order valence-electron chi connectivity index (χ2n) is 5.68. The summed E-state index contributed by atoms with van der Waals surface area (Å²) in [6.07, 6.45) is -0.265. The summed E-state index contributed by atoms with van der Waals surface area (Å²) in [6, 6.07) is 0. The highest BCUT2D eigenvalue weighted by molar-refractivity contribution is 5.74. The molecule has 2 N–H and O–H groups in total. The topological polar surface area (TPSA) is 84.9 Å². The molecule has 0 heterocycles. The quantitative estimate of drug-likeness (QED) is 0.742. The van der Waals surface area contributed by atoms with Crippen molar-refractivity contribution >= 4 is 12.1 Å². The van der Waals surface area contributed by atoms with Crippen molar-refractivity contribution in [2.24, 2.45) is 5.41 Å². The molecule has 0 aromatic rings. The van der Waals surface area contributed by atoms with E-state index in [0.717, 1.165) is 0 Å². The van der Waals surface area contributed by atoms with Crippen molar-refractivity contribution in [1.29, 1.82) is 0 Å². The summed E-state index contributed by atoms with van der Waals surface area (Å²) in [5, 5.41) is 11.7. The molecule has 112 valence electrons. The molecule has 1 atom stereocenters. The molecule has 0 aromatic carbocycles. The van der Waals surface area contributed by atoms with Crippen molar-refractivity contribution in [3.8, 4) is 0 Å². The van der Waals surface area contributed by atoms with Crippen LogP contribution in [0.2, 0.25) is 0 Å². The molecule has 0 spiro atoms. The van der Waals surface area contributed by atoms with Gasteiger partial charge in [0.1, 0.15) is 5.60 Å². The highest BCUT2D eigenvalue weighted by Crippen LogP contribution is 2.21. The number of rotatable bonds is 7. The fourth-order valence-electron chi connectivity index (χ4n) is 1.32. The Balaban J connectivity index is 4.20. The van der Waals surface area contributed by atoms with Crippen molar-refractivity contribution in [1.82, 2.24) is 5.32 Å². The lowest BCUT2D eigenvalue weighted by atomic mass is 9.88. The van der Waals surface area contributed by atoms with E-state index in [4.69, 9.17) is 9.47 Å². The van der Waals surface area contributed by atoms with Gasteiger partial charge in [0.05, 0.1) is 12.0 Å². The predicted molar refractivity (Wildman–Crippen MR) is 71.1 cm³/mol. The highest BCUT2D eigenvalue weighted by atomic mass is 16.6. The number of nitrogens with one attached hydrogen (secondary N) is 1. The van der Waals surface area contributed by atoms with Crippen LogP contribution in [0.1, 0.15) is 41.0 Å². The normalized spacial score (nSPS) is 14.6. The molecule has 6 heteroatoms. The number of alkyl carbamates (subject to hydrolysis) is 1. The maximum atomic E-state index is 11.4. The van der Waals surface area contributed by atoms with Crippen LogP contribution < -0.4 is 5.32 Å². The first-order chi connectivity index (χ1) is 8.60. The Kier molecular flexibility index (Phi) is 6.83. The summed E-state index contributed by atoms with van der Waals surface area (Å²) in [7, 11) is 0. The van der Waals surface area contributed by atoms with Gasteiger partial charge in [-0.15, -0.1) is 0 Å². The molecule has 0 aliphatic rings. The smallest absolute Gasteiger partial charge is 0.407 e. The van der Waals surface area contributed by atoms with Crippen LogP contribution in [0.5, 0.6) is 0 Å². The third-order valence-electron chi connectivity index (χ3n) is 2.49. The van der Waals surface area contributed by atoms with Crippen LogP contribution in [-0.4, -0.2) is 42.5 Å². The number of carboxylic acid groups (broad SMARTS) is 1. The van der Waals surface area contributed by atoms with Crippen LogP contribution in [0, 0.1) is 5.41 Å². The number of carboxylic acids is 1. The first kappa shape index (κ1) is 17.7. The second-order valence-corrected chi connectivity index (χ2v) is 5.68. The highest BCUT2D eigenvalue weighted by Gasteiger charge is 2.33. The van der Waals surface area contributed by atoms with Crippen LogP contribution in [0.3, 0.4) is 0 Å². The predicted octanol–water partition coefficient (Wildman–Crippen LogP) is 2.03. The van der Waals surface area contributed by atoms with E-state index in [9.17, 15) is 14.7 Å². The number of carbonyl (C=O) groups is 2. The van der Waals surface area contributed by atoms with Gasteiger partial charge >= 0.3 is 12.1 Å². The minimum absolute atomic E-state index is 0.120. The molecular formula is C13H25NO5. The maximum Gasteiger partial charge on any atom is 0.407 e. The summed E-state index contributed by atoms with van der Waals surface area (Å²) in [5.41, 5.74) is -1.57. The average molecular weight is 275 g/mol. The fraction of sp³-hybridized carbons (Fsp3) is 0.846. The molecule has 0 bridgehead atoms. The third-order valence-corrected chi connectivity index (χ3v) is 2.49. The van der Waals surface area contributed by atoms with Crippen molar-refractivity contribution in [2.75, 3.05) is 19.8 Å². The largest absolute Gasteiger partial charge is 0.481 e. The first-order valence-corrected chi connectivity index (χ1v) is 6.39. The van der Waals surface area contributed by atoms with Gasteiger partial charge in [0.15, 0.2) is 0 Å². The molecule has 0 aromatic heterocycles. The molecule has 0 saturated carbocycles. The molecule has 19 heavy (non-hydrogen) atoms. The molecule has 0 saturated heterocycles. The summed E-state index contributed by atoms with van der Waals surface area (Å²) in [6.45, 7) is 9.51. The van der Waals surface area contributed by atoms with Gasteiger partial charge in [-0.3, -0.25) is 4.79 Å². The van der Waals surface area contributed by atoms with Crippen LogP contribution in [0.4, 0.5) is 4.79 Å². The SMILES string of the molecule is CCOC[C@](C)(CCNC(=O)OC(C)(C)C)C(=O)O. The third kappa shape index (κ3) is 7.66. The maximum absolute atomic E-state index is 11.4. The Morgan fingerprint density at radius 3 is 2.21 bits per heavy atom. The van der Waals surface area contributed by atoms with Crippen molar-refractivity contribution in [3.63, 3.8) is 0 Å². The van der Waals surface area contributed by atoms with E-state index >= 15 is 0 Å². The Labute approximate surface area is 114 Å². The average Bonchev–Trinajstić information content (AvgIpc) is 2.23. The van der Waals surface area contributed by atoms with E-state index in [-0.39, 0.29) is 19.6 Å². The Morgan fingerprint density at radius 2 is 1.79 bits per heavy atom. The van der Waals surface area contributed by atoms with E-state index in [0.29, 0.717) is 6.61 Å². The summed E-state index contributed by atoms with van der Waals surface area (Å²) >= 11 is 0. The summed E-state index contributed by atoms with van der Waals surface area (Å²) in [5.74, 6) is -0.938. The number of hydrogen-bond donors (Lipinski definition) is 2. The zero-order valence-electron chi connectivity index (χ0n) is 12.4. The molecule has 0 fully saturated rings. The van der Waals surface area contributed by atoms with E-state index < -0.39 is 23.1 Å². The van der Waals surface area contributed by atoms with Crippen LogP contribution >= 0.6 is 0 Å². The number of amides is 1. The molecule has 0 rings (SSSR count).